The Kier molecular flexibility index (Phi) is 6.27. The SMILES string of the molecule is CC(C)CN1CCOC(COC(=O)c2cccc(NC(=O)C3CC3)c2)C1. The van der Waals surface area contributed by atoms with Crippen molar-refractivity contribution in [2.75, 3.05) is 38.2 Å². The van der Waals surface area contributed by atoms with Gasteiger partial charge in [-0.1, -0.05) is 19.9 Å². The van der Waals surface area contributed by atoms with E-state index >= 15 is 0 Å². The second-order valence-electron chi connectivity index (χ2n) is 7.59. The molecule has 0 spiro atoms. The Hall–Kier alpha value is -1.92. The number of nitrogens with one attached hydrogen (secondary N) is 1. The van der Waals surface area contributed by atoms with E-state index < -0.39 is 5.97 Å². The highest BCUT2D eigenvalue weighted by Crippen LogP contribution is 2.30. The molecule has 3 rings (SSSR count). The van der Waals surface area contributed by atoms with Gasteiger partial charge in [-0.25, -0.2) is 4.79 Å². The molecule has 1 amide bonds. The quantitative estimate of drug-likeness (QED) is 0.757. The van der Waals surface area contributed by atoms with Crippen LogP contribution in [0.2, 0.25) is 0 Å². The zero-order chi connectivity index (χ0) is 18.5. The first-order valence-corrected chi connectivity index (χ1v) is 9.43. The van der Waals surface area contributed by atoms with Crippen LogP contribution in [0.3, 0.4) is 0 Å². The number of nitrogens with zero attached hydrogens (tertiary/aromatic N) is 1. The van der Waals surface area contributed by atoms with Crippen LogP contribution in [0, 0.1) is 11.8 Å². The molecule has 1 heterocycles. The van der Waals surface area contributed by atoms with Crippen molar-refractivity contribution < 1.29 is 19.1 Å². The van der Waals surface area contributed by atoms with Gasteiger partial charge in [0.05, 0.1) is 12.2 Å². The first-order chi connectivity index (χ1) is 12.5. The second-order valence-corrected chi connectivity index (χ2v) is 7.59. The summed E-state index contributed by atoms with van der Waals surface area (Å²) in [5.41, 5.74) is 1.07. The summed E-state index contributed by atoms with van der Waals surface area (Å²) < 4.78 is 11.1. The molecule has 1 aromatic carbocycles. The average Bonchev–Trinajstić information content (AvgIpc) is 3.45. The van der Waals surface area contributed by atoms with Gasteiger partial charge in [-0.05, 0) is 37.0 Å². The number of hydrogen-bond donors (Lipinski definition) is 1. The Morgan fingerprint density at radius 3 is 2.88 bits per heavy atom. The van der Waals surface area contributed by atoms with Gasteiger partial charge in [0.2, 0.25) is 5.91 Å². The van der Waals surface area contributed by atoms with E-state index in [1.54, 1.807) is 24.3 Å². The molecule has 6 heteroatoms. The summed E-state index contributed by atoms with van der Waals surface area (Å²) in [6.07, 6.45) is 1.80. The van der Waals surface area contributed by atoms with Crippen LogP contribution in [0.25, 0.3) is 0 Å². The third-order valence-corrected chi connectivity index (χ3v) is 4.56. The molecule has 0 aromatic heterocycles. The first-order valence-electron chi connectivity index (χ1n) is 9.43. The van der Waals surface area contributed by atoms with E-state index in [9.17, 15) is 9.59 Å². The van der Waals surface area contributed by atoms with E-state index in [0.29, 0.717) is 23.8 Å². The van der Waals surface area contributed by atoms with E-state index in [-0.39, 0.29) is 24.5 Å². The molecule has 6 nitrogen and oxygen atoms in total. The molecule has 1 unspecified atom stereocenters. The van der Waals surface area contributed by atoms with Gasteiger partial charge < -0.3 is 14.8 Å². The molecule has 1 aliphatic carbocycles. The molecule has 1 aliphatic heterocycles. The van der Waals surface area contributed by atoms with Crippen molar-refractivity contribution >= 4 is 17.6 Å². The number of morpholine rings is 1. The van der Waals surface area contributed by atoms with E-state index in [0.717, 1.165) is 32.5 Å². The molecule has 142 valence electrons. The van der Waals surface area contributed by atoms with Crippen LogP contribution >= 0.6 is 0 Å². The highest BCUT2D eigenvalue weighted by Gasteiger charge is 2.29. The van der Waals surface area contributed by atoms with Crippen LogP contribution in [0.5, 0.6) is 0 Å². The number of ether oxygens (including phenoxy) is 2. The van der Waals surface area contributed by atoms with Gasteiger partial charge in [-0.3, -0.25) is 9.69 Å². The Bertz CT molecular complexity index is 642. The molecule has 1 saturated carbocycles. The fourth-order valence-corrected chi connectivity index (χ4v) is 3.13. The summed E-state index contributed by atoms with van der Waals surface area (Å²) in [4.78, 5) is 26.5. The lowest BCUT2D eigenvalue weighted by Gasteiger charge is -2.33. The maximum absolute atomic E-state index is 12.3. The smallest absolute Gasteiger partial charge is 0.338 e. The van der Waals surface area contributed by atoms with Gasteiger partial charge in [-0.15, -0.1) is 0 Å². The van der Waals surface area contributed by atoms with E-state index in [1.807, 2.05) is 0 Å². The molecule has 1 atom stereocenters. The second kappa shape index (κ2) is 8.64. The van der Waals surface area contributed by atoms with Crippen LogP contribution < -0.4 is 5.32 Å². The third kappa shape index (κ3) is 5.54. The number of carbonyl (C=O) groups excluding carboxylic acids is 2. The summed E-state index contributed by atoms with van der Waals surface area (Å²) in [7, 11) is 0. The molecule has 0 radical (unpaired) electrons. The minimum Gasteiger partial charge on any atom is -0.459 e. The van der Waals surface area contributed by atoms with E-state index in [4.69, 9.17) is 9.47 Å². The van der Waals surface area contributed by atoms with E-state index in [1.165, 1.54) is 0 Å². The van der Waals surface area contributed by atoms with Gasteiger partial charge >= 0.3 is 5.97 Å². The highest BCUT2D eigenvalue weighted by molar-refractivity contribution is 5.96. The van der Waals surface area contributed by atoms with Gasteiger partial charge in [0.25, 0.3) is 0 Å². The normalized spacial score (nSPS) is 20.8. The van der Waals surface area contributed by atoms with Crippen molar-refractivity contribution in [1.82, 2.24) is 4.90 Å². The molecular weight excluding hydrogens is 332 g/mol. The Balaban J connectivity index is 1.49. The fourth-order valence-electron chi connectivity index (χ4n) is 3.13. The van der Waals surface area contributed by atoms with Gasteiger partial charge in [-0.2, -0.15) is 0 Å². The molecular formula is C20H28N2O4. The van der Waals surface area contributed by atoms with Crippen molar-refractivity contribution in [1.29, 1.82) is 0 Å². The van der Waals surface area contributed by atoms with E-state index in [2.05, 4.69) is 24.1 Å². The Labute approximate surface area is 154 Å². The Morgan fingerprint density at radius 2 is 2.15 bits per heavy atom. The summed E-state index contributed by atoms with van der Waals surface area (Å²) in [5.74, 6) is 0.362. The lowest BCUT2D eigenvalue weighted by atomic mass is 10.2. The van der Waals surface area contributed by atoms with Crippen molar-refractivity contribution in [3.05, 3.63) is 29.8 Å². The molecule has 1 saturated heterocycles. The molecule has 2 aliphatic rings. The number of hydrogen-bond acceptors (Lipinski definition) is 5. The number of benzene rings is 1. The zero-order valence-electron chi connectivity index (χ0n) is 15.6. The molecule has 26 heavy (non-hydrogen) atoms. The van der Waals surface area contributed by atoms with Gasteiger partial charge in [0, 0.05) is 31.2 Å². The maximum atomic E-state index is 12.3. The predicted octanol–water partition coefficient (Wildman–Crippen LogP) is 2.55. The Morgan fingerprint density at radius 1 is 1.35 bits per heavy atom. The van der Waals surface area contributed by atoms with Crippen LogP contribution in [0.4, 0.5) is 5.69 Å². The largest absolute Gasteiger partial charge is 0.459 e. The molecule has 0 bridgehead atoms. The third-order valence-electron chi connectivity index (χ3n) is 4.56. The van der Waals surface area contributed by atoms with Crippen LogP contribution in [0.1, 0.15) is 37.0 Å². The molecule has 1 N–H and O–H groups in total. The number of esters is 1. The van der Waals surface area contributed by atoms with Crippen molar-refractivity contribution in [2.24, 2.45) is 11.8 Å². The fraction of sp³-hybridized carbons (Fsp3) is 0.600. The number of anilines is 1. The van der Waals surface area contributed by atoms with Crippen molar-refractivity contribution in [3.63, 3.8) is 0 Å². The topological polar surface area (TPSA) is 67.9 Å². The number of rotatable bonds is 7. The molecule has 2 fully saturated rings. The van der Waals surface area contributed by atoms with Gasteiger partial charge in [0.1, 0.15) is 12.7 Å². The zero-order valence-corrected chi connectivity index (χ0v) is 15.6. The summed E-state index contributed by atoms with van der Waals surface area (Å²) >= 11 is 0. The van der Waals surface area contributed by atoms with Crippen LogP contribution in [-0.4, -0.2) is 55.7 Å². The lowest BCUT2D eigenvalue weighted by molar-refractivity contribution is -0.117. The summed E-state index contributed by atoms with van der Waals surface area (Å²) in [6.45, 7) is 8.02. The minimum absolute atomic E-state index is 0.0244. The summed E-state index contributed by atoms with van der Waals surface area (Å²) in [5, 5.41) is 2.85. The minimum atomic E-state index is -0.392. The predicted molar refractivity (Wildman–Crippen MR) is 99.1 cm³/mol. The first kappa shape index (κ1) is 18.9. The maximum Gasteiger partial charge on any atom is 0.338 e. The highest BCUT2D eigenvalue weighted by atomic mass is 16.6. The molecule has 1 aromatic rings. The van der Waals surface area contributed by atoms with Gasteiger partial charge in [0.15, 0.2) is 0 Å². The standard InChI is InChI=1S/C20H28N2O4/c1-14(2)11-22-8-9-25-18(12-22)13-26-20(24)16-4-3-5-17(10-16)21-19(23)15-6-7-15/h3-5,10,14-15,18H,6-9,11-13H2,1-2H3,(H,21,23). The average molecular weight is 360 g/mol. The van der Waals surface area contributed by atoms with Crippen molar-refractivity contribution in [3.8, 4) is 0 Å². The van der Waals surface area contributed by atoms with Crippen LogP contribution in [-0.2, 0) is 14.3 Å². The van der Waals surface area contributed by atoms with Crippen molar-refractivity contribution in [2.45, 2.75) is 32.8 Å². The van der Waals surface area contributed by atoms with Crippen LogP contribution in [0.15, 0.2) is 24.3 Å². The summed E-state index contributed by atoms with van der Waals surface area (Å²) in [6, 6.07) is 6.89. The number of amides is 1. The monoisotopic (exact) mass is 360 g/mol. The lowest BCUT2D eigenvalue weighted by Crippen LogP contribution is -2.45. The number of carbonyl (C=O) groups is 2.